The van der Waals surface area contributed by atoms with Crippen LogP contribution in [0.25, 0.3) is 0 Å². The predicted molar refractivity (Wildman–Crippen MR) is 94.4 cm³/mol. The number of aliphatic hydroxyl groups excluding tert-OH is 1. The van der Waals surface area contributed by atoms with Crippen molar-refractivity contribution in [1.29, 1.82) is 0 Å². The van der Waals surface area contributed by atoms with Crippen molar-refractivity contribution < 1.29 is 19.7 Å². The molecule has 0 spiro atoms. The largest absolute Gasteiger partial charge is 0.433 e. The maximum atomic E-state index is 11.6. The van der Waals surface area contributed by atoms with Crippen LogP contribution in [0.3, 0.4) is 0 Å². The summed E-state index contributed by atoms with van der Waals surface area (Å²) in [5, 5.41) is 21.3. The van der Waals surface area contributed by atoms with Gasteiger partial charge in [0.1, 0.15) is 0 Å². The molecule has 4 aliphatic carbocycles. The van der Waals surface area contributed by atoms with E-state index in [1.807, 2.05) is 0 Å². The van der Waals surface area contributed by atoms with E-state index in [1.54, 1.807) is 0 Å². The van der Waals surface area contributed by atoms with Crippen LogP contribution in [-0.4, -0.2) is 28.1 Å². The Bertz CT molecular complexity index is 562. The van der Waals surface area contributed by atoms with Crippen molar-refractivity contribution in [2.75, 3.05) is 0 Å². The first-order valence-corrected chi connectivity index (χ1v) is 10.3. The first-order chi connectivity index (χ1) is 11.7. The molecule has 4 heteroatoms. The van der Waals surface area contributed by atoms with Crippen LogP contribution in [0.2, 0.25) is 0 Å². The number of hydrogen-bond donors (Lipinski definition) is 2. The molecular weight excluding hydrogens is 316 g/mol. The Hall–Kier alpha value is -0.610. The Morgan fingerprint density at radius 1 is 1.00 bits per heavy atom. The zero-order valence-electron chi connectivity index (χ0n) is 16.0. The van der Waals surface area contributed by atoms with Crippen LogP contribution in [0, 0.1) is 34.5 Å². The van der Waals surface area contributed by atoms with Gasteiger partial charge >= 0.3 is 5.97 Å². The highest BCUT2D eigenvalue weighted by molar-refractivity contribution is 5.66. The zero-order valence-corrected chi connectivity index (χ0v) is 16.0. The molecule has 0 aromatic heterocycles. The van der Waals surface area contributed by atoms with Gasteiger partial charge in [0.05, 0.1) is 6.10 Å². The Morgan fingerprint density at radius 3 is 2.44 bits per heavy atom. The molecule has 4 nitrogen and oxygen atoms in total. The minimum atomic E-state index is -1.28. The summed E-state index contributed by atoms with van der Waals surface area (Å²) in [6.07, 6.45) is 8.94. The Morgan fingerprint density at radius 2 is 1.72 bits per heavy atom. The highest BCUT2D eigenvalue weighted by Gasteiger charge is 2.66. The van der Waals surface area contributed by atoms with Gasteiger partial charge in [-0.1, -0.05) is 13.8 Å². The fourth-order valence-corrected chi connectivity index (χ4v) is 7.62. The molecule has 8 atom stereocenters. The lowest BCUT2D eigenvalue weighted by Gasteiger charge is -2.61. The van der Waals surface area contributed by atoms with Gasteiger partial charge in [-0.25, -0.2) is 0 Å². The molecule has 0 bridgehead atoms. The fraction of sp³-hybridized carbons (Fsp3) is 0.952. The fourth-order valence-electron chi connectivity index (χ4n) is 7.62. The third-order valence-electron chi connectivity index (χ3n) is 9.03. The molecule has 4 aliphatic rings. The summed E-state index contributed by atoms with van der Waals surface area (Å²) in [5.74, 6) is 0.755. The third-order valence-corrected chi connectivity index (χ3v) is 9.03. The summed E-state index contributed by atoms with van der Waals surface area (Å²) in [4.78, 5) is 11.6. The Labute approximate surface area is 151 Å². The predicted octanol–water partition coefficient (Wildman–Crippen LogP) is 3.64. The standard InChI is InChI=1S/C21H34O4/c1-13(22)25-21(24)11-8-18-16-5-4-14-12-15(23)6-9-19(14,2)17(16)7-10-20(18,21)3/h14-18,23-24H,4-12H2,1-3H3/t14-,15+,16+,17-,18-,19-,20-,21-/m0/s1. The first kappa shape index (κ1) is 17.8. The molecule has 0 aromatic rings. The second-order valence-electron chi connectivity index (χ2n) is 9.96. The minimum absolute atomic E-state index is 0.107. The molecule has 0 radical (unpaired) electrons. The molecule has 0 unspecified atom stereocenters. The summed E-state index contributed by atoms with van der Waals surface area (Å²) in [7, 11) is 0. The summed E-state index contributed by atoms with van der Waals surface area (Å²) >= 11 is 0. The van der Waals surface area contributed by atoms with Crippen LogP contribution in [-0.2, 0) is 9.53 Å². The summed E-state index contributed by atoms with van der Waals surface area (Å²) in [6, 6.07) is 0. The summed E-state index contributed by atoms with van der Waals surface area (Å²) < 4.78 is 5.48. The van der Waals surface area contributed by atoms with Gasteiger partial charge in [-0.2, -0.15) is 0 Å². The molecule has 2 N–H and O–H groups in total. The molecule has 4 fully saturated rings. The van der Waals surface area contributed by atoms with Crippen molar-refractivity contribution in [2.45, 2.75) is 90.4 Å². The topological polar surface area (TPSA) is 66.8 Å². The Balaban J connectivity index is 1.61. The number of ether oxygens (including phenoxy) is 1. The van der Waals surface area contributed by atoms with Crippen LogP contribution < -0.4 is 0 Å². The van der Waals surface area contributed by atoms with Crippen molar-refractivity contribution in [3.63, 3.8) is 0 Å². The van der Waals surface area contributed by atoms with Gasteiger partial charge < -0.3 is 14.9 Å². The van der Waals surface area contributed by atoms with Crippen molar-refractivity contribution in [1.82, 2.24) is 0 Å². The molecular formula is C21H34O4. The van der Waals surface area contributed by atoms with E-state index in [-0.39, 0.29) is 17.5 Å². The molecule has 25 heavy (non-hydrogen) atoms. The third kappa shape index (κ3) is 2.43. The van der Waals surface area contributed by atoms with Gasteiger partial charge in [0.2, 0.25) is 5.79 Å². The summed E-state index contributed by atoms with van der Waals surface area (Å²) in [6.45, 7) is 6.03. The van der Waals surface area contributed by atoms with E-state index in [1.165, 1.54) is 19.8 Å². The van der Waals surface area contributed by atoms with E-state index in [9.17, 15) is 15.0 Å². The van der Waals surface area contributed by atoms with Gasteiger partial charge in [0, 0.05) is 18.8 Å². The van der Waals surface area contributed by atoms with Crippen molar-refractivity contribution in [3.05, 3.63) is 0 Å². The molecule has 142 valence electrons. The van der Waals surface area contributed by atoms with E-state index < -0.39 is 5.79 Å². The van der Waals surface area contributed by atoms with Gasteiger partial charge in [0.25, 0.3) is 0 Å². The molecule has 0 aliphatic heterocycles. The van der Waals surface area contributed by atoms with E-state index >= 15 is 0 Å². The first-order valence-electron chi connectivity index (χ1n) is 10.3. The number of fused-ring (bicyclic) bond motifs is 5. The van der Waals surface area contributed by atoms with Crippen molar-refractivity contribution >= 4 is 5.97 Å². The molecule has 0 aromatic carbocycles. The maximum absolute atomic E-state index is 11.6. The normalized spacial score (nSPS) is 55.0. The number of carbonyl (C=O) groups is 1. The van der Waals surface area contributed by atoms with Crippen LogP contribution in [0.15, 0.2) is 0 Å². The minimum Gasteiger partial charge on any atom is -0.433 e. The molecule has 0 heterocycles. The van der Waals surface area contributed by atoms with Crippen LogP contribution in [0.4, 0.5) is 0 Å². The van der Waals surface area contributed by atoms with E-state index in [0.29, 0.717) is 35.5 Å². The van der Waals surface area contributed by atoms with Crippen LogP contribution >= 0.6 is 0 Å². The van der Waals surface area contributed by atoms with Gasteiger partial charge in [-0.3, -0.25) is 4.79 Å². The van der Waals surface area contributed by atoms with Crippen molar-refractivity contribution in [3.8, 4) is 0 Å². The molecule has 0 amide bonds. The number of aliphatic hydroxyl groups is 2. The lowest BCUT2D eigenvalue weighted by molar-refractivity contribution is -0.266. The number of rotatable bonds is 1. The highest BCUT2D eigenvalue weighted by atomic mass is 16.7. The quantitative estimate of drug-likeness (QED) is 0.560. The molecule has 4 saturated carbocycles. The van der Waals surface area contributed by atoms with Gasteiger partial charge in [0.15, 0.2) is 0 Å². The zero-order chi connectivity index (χ0) is 18.0. The van der Waals surface area contributed by atoms with Crippen LogP contribution in [0.1, 0.15) is 78.6 Å². The average molecular weight is 350 g/mol. The molecule has 0 saturated heterocycles. The van der Waals surface area contributed by atoms with Crippen molar-refractivity contribution in [2.24, 2.45) is 34.5 Å². The monoisotopic (exact) mass is 350 g/mol. The van der Waals surface area contributed by atoms with Gasteiger partial charge in [-0.05, 0) is 80.5 Å². The second-order valence-corrected chi connectivity index (χ2v) is 9.96. The number of hydrogen-bond acceptors (Lipinski definition) is 4. The van der Waals surface area contributed by atoms with Crippen LogP contribution in [0.5, 0.6) is 0 Å². The molecule has 4 rings (SSSR count). The smallest absolute Gasteiger partial charge is 0.305 e. The lowest BCUT2D eigenvalue weighted by atomic mass is 9.45. The highest BCUT2D eigenvalue weighted by Crippen LogP contribution is 2.68. The summed E-state index contributed by atoms with van der Waals surface area (Å²) in [5.41, 5.74) is 0.0306. The Kier molecular flexibility index (Phi) is 4.05. The number of carbonyl (C=O) groups excluding carboxylic acids is 1. The van der Waals surface area contributed by atoms with E-state index in [2.05, 4.69) is 13.8 Å². The lowest BCUT2D eigenvalue weighted by Crippen LogP contribution is -2.57. The average Bonchev–Trinajstić information content (AvgIpc) is 2.79. The van der Waals surface area contributed by atoms with E-state index in [0.717, 1.165) is 38.5 Å². The van der Waals surface area contributed by atoms with Gasteiger partial charge in [-0.15, -0.1) is 0 Å². The van der Waals surface area contributed by atoms with E-state index in [4.69, 9.17) is 4.74 Å². The second kappa shape index (κ2) is 5.69. The number of esters is 1. The SMILES string of the molecule is CC(=O)O[C@@]1(O)CC[C@H]2[C@@H]3CC[C@H]4C[C@H](O)CC[C@]4(C)[C@H]3CC[C@@]21C. The maximum Gasteiger partial charge on any atom is 0.305 e.